The molecule has 124 valence electrons. The summed E-state index contributed by atoms with van der Waals surface area (Å²) < 4.78 is 6.16. The van der Waals surface area contributed by atoms with Crippen molar-refractivity contribution >= 4 is 0 Å². The van der Waals surface area contributed by atoms with E-state index in [1.165, 1.54) is 36.8 Å². The Balaban J connectivity index is 2.05. The highest BCUT2D eigenvalue weighted by atomic mass is 16.6. The predicted molar refractivity (Wildman–Crippen MR) is 90.3 cm³/mol. The van der Waals surface area contributed by atoms with Crippen molar-refractivity contribution in [1.29, 1.82) is 0 Å². The van der Waals surface area contributed by atoms with Gasteiger partial charge in [-0.25, -0.2) is 0 Å². The molecule has 1 heterocycles. The lowest BCUT2D eigenvalue weighted by Crippen LogP contribution is -2.49. The minimum atomic E-state index is -0.629. The maximum absolute atomic E-state index is 10.5. The SMILES string of the molecule is C=CC1=C(C)C2OC(O)CC3C(C)(C)CCCC3(C)C2CC1. The maximum atomic E-state index is 10.5. The van der Waals surface area contributed by atoms with Crippen molar-refractivity contribution in [1.82, 2.24) is 0 Å². The van der Waals surface area contributed by atoms with Crippen LogP contribution in [0.3, 0.4) is 0 Å². The molecule has 22 heavy (non-hydrogen) atoms. The third-order valence-electron chi connectivity index (χ3n) is 7.13. The van der Waals surface area contributed by atoms with Gasteiger partial charge in [0.05, 0.1) is 6.10 Å². The van der Waals surface area contributed by atoms with E-state index >= 15 is 0 Å². The molecule has 5 atom stereocenters. The van der Waals surface area contributed by atoms with Crippen LogP contribution in [0.4, 0.5) is 0 Å². The van der Waals surface area contributed by atoms with Crippen molar-refractivity contribution in [2.45, 2.75) is 78.6 Å². The van der Waals surface area contributed by atoms with Crippen LogP contribution in [0, 0.1) is 22.7 Å². The minimum absolute atomic E-state index is 0.0700. The Labute approximate surface area is 135 Å². The summed E-state index contributed by atoms with van der Waals surface area (Å²) >= 11 is 0. The van der Waals surface area contributed by atoms with Crippen LogP contribution in [0.2, 0.25) is 0 Å². The average Bonchev–Trinajstić information content (AvgIpc) is 2.56. The highest BCUT2D eigenvalue weighted by molar-refractivity contribution is 5.30. The lowest BCUT2D eigenvalue weighted by atomic mass is 9.49. The van der Waals surface area contributed by atoms with Gasteiger partial charge in [-0.3, -0.25) is 0 Å². The van der Waals surface area contributed by atoms with Crippen LogP contribution < -0.4 is 0 Å². The van der Waals surface area contributed by atoms with Crippen molar-refractivity contribution in [3.8, 4) is 0 Å². The first-order chi connectivity index (χ1) is 10.3. The van der Waals surface area contributed by atoms with Crippen LogP contribution in [0.15, 0.2) is 23.8 Å². The van der Waals surface area contributed by atoms with Gasteiger partial charge >= 0.3 is 0 Å². The van der Waals surface area contributed by atoms with E-state index in [1.54, 1.807) is 0 Å². The van der Waals surface area contributed by atoms with E-state index in [2.05, 4.69) is 34.3 Å². The molecule has 1 saturated heterocycles. The number of aliphatic hydroxyl groups excluding tert-OH is 1. The number of ether oxygens (including phenoxy) is 1. The average molecular weight is 304 g/mol. The van der Waals surface area contributed by atoms with Gasteiger partial charge in [-0.15, -0.1) is 0 Å². The van der Waals surface area contributed by atoms with Gasteiger partial charge in [-0.1, -0.05) is 39.8 Å². The minimum Gasteiger partial charge on any atom is -0.368 e. The molecule has 2 fully saturated rings. The van der Waals surface area contributed by atoms with E-state index in [-0.39, 0.29) is 11.5 Å². The Morgan fingerprint density at radius 3 is 2.68 bits per heavy atom. The summed E-state index contributed by atoms with van der Waals surface area (Å²) in [5.74, 6) is 1.06. The van der Waals surface area contributed by atoms with Crippen LogP contribution in [0.5, 0.6) is 0 Å². The lowest BCUT2D eigenvalue weighted by molar-refractivity contribution is -0.138. The Bertz CT molecular complexity index is 490. The highest BCUT2D eigenvalue weighted by Crippen LogP contribution is 2.61. The molecule has 0 amide bonds. The van der Waals surface area contributed by atoms with Crippen LogP contribution in [0.25, 0.3) is 0 Å². The van der Waals surface area contributed by atoms with Crippen molar-refractivity contribution in [3.05, 3.63) is 23.8 Å². The van der Waals surface area contributed by atoms with Crippen LogP contribution in [-0.4, -0.2) is 17.5 Å². The smallest absolute Gasteiger partial charge is 0.155 e. The largest absolute Gasteiger partial charge is 0.368 e. The van der Waals surface area contributed by atoms with E-state index in [0.29, 0.717) is 17.3 Å². The van der Waals surface area contributed by atoms with Gasteiger partial charge in [0.2, 0.25) is 0 Å². The Hall–Kier alpha value is -0.600. The molecule has 0 spiro atoms. The summed E-state index contributed by atoms with van der Waals surface area (Å²) in [5, 5.41) is 10.5. The molecule has 2 nitrogen and oxygen atoms in total. The molecular weight excluding hydrogens is 272 g/mol. The standard InChI is InChI=1S/C20H32O2/c1-6-14-8-9-15-18(13(14)2)22-17(21)12-16-19(3,4)10-7-11-20(15,16)5/h6,15-18,21H,1,7-12H2,2-5H3. The van der Waals surface area contributed by atoms with Crippen molar-refractivity contribution < 1.29 is 9.84 Å². The second-order valence-corrected chi connectivity index (χ2v) is 8.71. The van der Waals surface area contributed by atoms with E-state index in [4.69, 9.17) is 4.74 Å². The molecule has 5 unspecified atom stereocenters. The first-order valence-electron chi connectivity index (χ1n) is 8.95. The first-order valence-corrected chi connectivity index (χ1v) is 8.95. The predicted octanol–water partition coefficient (Wildman–Crippen LogP) is 4.84. The molecule has 2 heteroatoms. The zero-order chi connectivity index (χ0) is 16.1. The molecule has 0 aromatic carbocycles. The molecule has 3 rings (SSSR count). The van der Waals surface area contributed by atoms with E-state index in [9.17, 15) is 5.11 Å². The summed E-state index contributed by atoms with van der Waals surface area (Å²) in [5.41, 5.74) is 3.20. The molecule has 1 aliphatic heterocycles. The number of allylic oxidation sites excluding steroid dienone is 2. The topological polar surface area (TPSA) is 29.5 Å². The van der Waals surface area contributed by atoms with Gasteiger partial charge in [0.1, 0.15) is 0 Å². The van der Waals surface area contributed by atoms with Crippen LogP contribution in [0.1, 0.15) is 66.2 Å². The van der Waals surface area contributed by atoms with Gasteiger partial charge in [0.15, 0.2) is 6.29 Å². The Morgan fingerprint density at radius 1 is 1.27 bits per heavy atom. The molecular formula is C20H32O2. The zero-order valence-electron chi connectivity index (χ0n) is 14.7. The molecule has 1 saturated carbocycles. The summed E-state index contributed by atoms with van der Waals surface area (Å²) in [6.07, 6.45) is 8.33. The van der Waals surface area contributed by atoms with Crippen LogP contribution >= 0.6 is 0 Å². The van der Waals surface area contributed by atoms with Gasteiger partial charge in [-0.2, -0.15) is 0 Å². The molecule has 1 N–H and O–H groups in total. The van der Waals surface area contributed by atoms with Crippen LogP contribution in [-0.2, 0) is 4.74 Å². The normalized spacial score (nSPS) is 44.8. The van der Waals surface area contributed by atoms with E-state index in [0.717, 1.165) is 12.8 Å². The van der Waals surface area contributed by atoms with Crippen molar-refractivity contribution in [2.24, 2.45) is 22.7 Å². The molecule has 0 radical (unpaired) electrons. The fraction of sp³-hybridized carbons (Fsp3) is 0.800. The van der Waals surface area contributed by atoms with Crippen molar-refractivity contribution in [3.63, 3.8) is 0 Å². The monoisotopic (exact) mass is 304 g/mol. The third kappa shape index (κ3) is 2.39. The van der Waals surface area contributed by atoms with Crippen molar-refractivity contribution in [2.75, 3.05) is 0 Å². The highest BCUT2D eigenvalue weighted by Gasteiger charge is 2.55. The number of hydrogen-bond donors (Lipinski definition) is 1. The summed E-state index contributed by atoms with van der Waals surface area (Å²) in [6.45, 7) is 13.4. The van der Waals surface area contributed by atoms with Gasteiger partial charge in [-0.05, 0) is 66.4 Å². The zero-order valence-corrected chi connectivity index (χ0v) is 14.7. The summed E-state index contributed by atoms with van der Waals surface area (Å²) in [7, 11) is 0. The summed E-state index contributed by atoms with van der Waals surface area (Å²) in [6, 6.07) is 0. The Kier molecular flexibility index (Phi) is 4.06. The van der Waals surface area contributed by atoms with E-state index < -0.39 is 6.29 Å². The number of hydrogen-bond acceptors (Lipinski definition) is 2. The summed E-state index contributed by atoms with van der Waals surface area (Å²) in [4.78, 5) is 0. The number of aliphatic hydroxyl groups is 1. The third-order valence-corrected chi connectivity index (χ3v) is 7.13. The second kappa shape index (κ2) is 5.49. The number of rotatable bonds is 1. The molecule has 0 aromatic rings. The molecule has 3 aliphatic rings. The van der Waals surface area contributed by atoms with Gasteiger partial charge in [0.25, 0.3) is 0 Å². The second-order valence-electron chi connectivity index (χ2n) is 8.71. The quantitative estimate of drug-likeness (QED) is 0.751. The fourth-order valence-electron chi connectivity index (χ4n) is 5.90. The molecule has 2 aliphatic carbocycles. The number of fused-ring (bicyclic) bond motifs is 3. The Morgan fingerprint density at radius 2 is 2.00 bits per heavy atom. The lowest BCUT2D eigenvalue weighted by Gasteiger charge is -2.55. The first kappa shape index (κ1) is 16.3. The fourth-order valence-corrected chi connectivity index (χ4v) is 5.90. The maximum Gasteiger partial charge on any atom is 0.155 e. The molecule has 0 aromatic heterocycles. The van der Waals surface area contributed by atoms with Gasteiger partial charge in [0, 0.05) is 6.42 Å². The molecule has 0 bridgehead atoms. The van der Waals surface area contributed by atoms with Gasteiger partial charge < -0.3 is 9.84 Å². The van der Waals surface area contributed by atoms with E-state index in [1.807, 2.05) is 6.08 Å².